The van der Waals surface area contributed by atoms with Crippen LogP contribution in [0.4, 0.5) is 0 Å². The van der Waals surface area contributed by atoms with Gasteiger partial charge in [-0.3, -0.25) is 0 Å². The minimum Gasteiger partial charge on any atom is -0.210 e. The number of nitriles is 1. The largest absolute Gasteiger partial charge is 0.210 e. The highest BCUT2D eigenvalue weighted by atomic mass is 15.0. The normalized spacial score (nSPS) is 34.9. The van der Waals surface area contributed by atoms with Crippen LogP contribution < -0.4 is 0 Å². The molecule has 0 radical (unpaired) electrons. The fourth-order valence-electron chi connectivity index (χ4n) is 0.788. The highest BCUT2D eigenvalue weighted by Gasteiger charge is 2.30. The molecule has 1 N–H and O–H groups in total. The van der Waals surface area contributed by atoms with Gasteiger partial charge in [-0.05, 0) is 12.8 Å². The second-order valence-corrected chi connectivity index (χ2v) is 2.01. The van der Waals surface area contributed by atoms with Crippen molar-refractivity contribution in [2.24, 2.45) is 11.0 Å². The van der Waals surface area contributed by atoms with Gasteiger partial charge >= 0.3 is 0 Å². The molecule has 0 amide bonds. The Balaban J connectivity index is 2.40. The summed E-state index contributed by atoms with van der Waals surface area (Å²) in [6.45, 7) is 0. The molecular weight excluding hydrogens is 102 g/mol. The van der Waals surface area contributed by atoms with E-state index < -0.39 is 0 Å². The smallest absolute Gasteiger partial charge is 0.0864 e. The lowest BCUT2D eigenvalue weighted by Gasteiger charge is -2.25. The highest BCUT2D eigenvalue weighted by molar-refractivity contribution is 4.98. The predicted octanol–water partition coefficient (Wildman–Crippen LogP) is 1.32. The van der Waals surface area contributed by atoms with Crippen molar-refractivity contribution >= 4 is 0 Å². The van der Waals surface area contributed by atoms with Crippen LogP contribution in [-0.2, 0) is 0 Å². The van der Waals surface area contributed by atoms with Gasteiger partial charge in [-0.2, -0.15) is 10.4 Å². The lowest BCUT2D eigenvalue weighted by molar-refractivity contribution is 0.312. The van der Waals surface area contributed by atoms with Crippen LogP contribution in [0.15, 0.2) is 5.11 Å². The first-order chi connectivity index (χ1) is 3.88. The van der Waals surface area contributed by atoms with Gasteiger partial charge in [0.1, 0.15) is 0 Å². The summed E-state index contributed by atoms with van der Waals surface area (Å²) in [4.78, 5) is 0. The van der Waals surface area contributed by atoms with Crippen molar-refractivity contribution in [1.82, 2.24) is 0 Å². The van der Waals surface area contributed by atoms with E-state index in [9.17, 15) is 0 Å². The summed E-state index contributed by atoms with van der Waals surface area (Å²) in [5.74, 6) is 0.0486. The van der Waals surface area contributed by atoms with E-state index in [1.807, 2.05) is 0 Å². The lowest BCUT2D eigenvalue weighted by Crippen LogP contribution is -2.27. The summed E-state index contributed by atoms with van der Waals surface area (Å²) in [5, 5.41) is 11.6. The molecular formula is C5H7N3. The molecule has 0 saturated heterocycles. The number of hydrogen-bond donors (Lipinski definition) is 1. The molecule has 2 atom stereocenters. The molecule has 0 aromatic rings. The first-order valence-electron chi connectivity index (χ1n) is 2.64. The molecule has 1 aliphatic rings. The SMILES string of the molecule is N#CC1CCC1N=N. The van der Waals surface area contributed by atoms with E-state index in [2.05, 4.69) is 11.2 Å². The van der Waals surface area contributed by atoms with Crippen LogP contribution in [0, 0.1) is 22.8 Å². The highest BCUT2D eigenvalue weighted by Crippen LogP contribution is 2.28. The molecule has 0 spiro atoms. The van der Waals surface area contributed by atoms with E-state index in [4.69, 9.17) is 10.8 Å². The molecule has 2 unspecified atom stereocenters. The van der Waals surface area contributed by atoms with Crippen molar-refractivity contribution in [2.45, 2.75) is 18.9 Å². The Morgan fingerprint density at radius 3 is 2.50 bits per heavy atom. The van der Waals surface area contributed by atoms with Crippen molar-refractivity contribution < 1.29 is 0 Å². The zero-order valence-electron chi connectivity index (χ0n) is 4.46. The standard InChI is InChI=1S/C5H7N3/c6-3-4-1-2-5(4)8-7/h4-5,7H,1-2H2. The van der Waals surface area contributed by atoms with E-state index in [0.717, 1.165) is 12.8 Å². The van der Waals surface area contributed by atoms with Gasteiger partial charge < -0.3 is 0 Å². The van der Waals surface area contributed by atoms with Crippen LogP contribution in [0.2, 0.25) is 0 Å². The maximum atomic E-state index is 8.29. The molecule has 1 saturated carbocycles. The molecule has 3 heteroatoms. The van der Waals surface area contributed by atoms with Crippen molar-refractivity contribution in [3.63, 3.8) is 0 Å². The van der Waals surface area contributed by atoms with E-state index in [1.165, 1.54) is 0 Å². The Labute approximate surface area is 47.8 Å². The van der Waals surface area contributed by atoms with Gasteiger partial charge in [0.2, 0.25) is 0 Å². The maximum absolute atomic E-state index is 8.29. The third-order valence-electron chi connectivity index (χ3n) is 1.57. The van der Waals surface area contributed by atoms with Crippen LogP contribution in [0.5, 0.6) is 0 Å². The summed E-state index contributed by atoms with van der Waals surface area (Å²) >= 11 is 0. The summed E-state index contributed by atoms with van der Waals surface area (Å²) < 4.78 is 0. The van der Waals surface area contributed by atoms with Crippen molar-refractivity contribution in [1.29, 1.82) is 10.8 Å². The third kappa shape index (κ3) is 0.583. The zero-order chi connectivity index (χ0) is 5.98. The number of hydrogen-bond acceptors (Lipinski definition) is 3. The molecule has 1 rings (SSSR count). The van der Waals surface area contributed by atoms with Gasteiger partial charge in [-0.15, -0.1) is 0 Å². The van der Waals surface area contributed by atoms with Gasteiger partial charge in [0.25, 0.3) is 0 Å². The zero-order valence-corrected chi connectivity index (χ0v) is 4.46. The van der Waals surface area contributed by atoms with Crippen LogP contribution in [-0.4, -0.2) is 6.04 Å². The van der Waals surface area contributed by atoms with Gasteiger partial charge in [-0.1, -0.05) is 0 Å². The second kappa shape index (κ2) is 1.91. The van der Waals surface area contributed by atoms with Crippen molar-refractivity contribution in [3.05, 3.63) is 0 Å². The fourth-order valence-corrected chi connectivity index (χ4v) is 0.788. The Morgan fingerprint density at radius 1 is 1.62 bits per heavy atom. The summed E-state index contributed by atoms with van der Waals surface area (Å²) in [5.41, 5.74) is 6.57. The van der Waals surface area contributed by atoms with Gasteiger partial charge in [-0.25, -0.2) is 5.53 Å². The van der Waals surface area contributed by atoms with E-state index in [-0.39, 0.29) is 12.0 Å². The van der Waals surface area contributed by atoms with E-state index in [0.29, 0.717) is 0 Å². The molecule has 0 bridgehead atoms. The first-order valence-corrected chi connectivity index (χ1v) is 2.64. The van der Waals surface area contributed by atoms with Crippen LogP contribution in [0.1, 0.15) is 12.8 Å². The number of nitrogens with zero attached hydrogens (tertiary/aromatic N) is 2. The molecule has 1 aliphatic carbocycles. The topological polar surface area (TPSA) is 60.0 Å². The van der Waals surface area contributed by atoms with E-state index >= 15 is 0 Å². The van der Waals surface area contributed by atoms with Gasteiger partial charge in [0, 0.05) is 0 Å². The Morgan fingerprint density at radius 2 is 2.38 bits per heavy atom. The molecule has 42 valence electrons. The summed E-state index contributed by atoms with van der Waals surface area (Å²) in [7, 11) is 0. The molecule has 0 aliphatic heterocycles. The van der Waals surface area contributed by atoms with Gasteiger partial charge in [0.05, 0.1) is 18.0 Å². The molecule has 0 aromatic carbocycles. The number of nitrogens with one attached hydrogen (secondary N) is 1. The molecule has 0 heterocycles. The van der Waals surface area contributed by atoms with Crippen LogP contribution >= 0.6 is 0 Å². The first kappa shape index (κ1) is 5.23. The minimum absolute atomic E-state index is 0.0278. The lowest BCUT2D eigenvalue weighted by atomic mass is 9.81. The summed E-state index contributed by atoms with van der Waals surface area (Å²) in [6, 6.07) is 2.12. The molecule has 1 fully saturated rings. The average Bonchev–Trinajstić information content (AvgIpc) is 1.66. The third-order valence-corrected chi connectivity index (χ3v) is 1.57. The predicted molar refractivity (Wildman–Crippen MR) is 27.3 cm³/mol. The number of rotatable bonds is 1. The van der Waals surface area contributed by atoms with Gasteiger partial charge in [0.15, 0.2) is 0 Å². The van der Waals surface area contributed by atoms with Crippen molar-refractivity contribution in [2.75, 3.05) is 0 Å². The quantitative estimate of drug-likeness (QED) is 0.507. The molecule has 0 aromatic heterocycles. The Bertz CT molecular complexity index is 135. The van der Waals surface area contributed by atoms with Crippen LogP contribution in [0.3, 0.4) is 0 Å². The average molecular weight is 109 g/mol. The Kier molecular flexibility index (Phi) is 1.25. The summed E-state index contributed by atoms with van der Waals surface area (Å²) in [6.07, 6.45) is 1.87. The van der Waals surface area contributed by atoms with E-state index in [1.54, 1.807) is 0 Å². The Hall–Kier alpha value is -0.910. The maximum Gasteiger partial charge on any atom is 0.0864 e. The second-order valence-electron chi connectivity index (χ2n) is 2.01. The van der Waals surface area contributed by atoms with Crippen molar-refractivity contribution in [3.8, 4) is 6.07 Å². The van der Waals surface area contributed by atoms with Crippen LogP contribution in [0.25, 0.3) is 0 Å². The molecule has 3 nitrogen and oxygen atoms in total. The molecule has 8 heavy (non-hydrogen) atoms. The minimum atomic E-state index is 0.0278. The monoisotopic (exact) mass is 109 g/mol. The fraction of sp³-hybridized carbons (Fsp3) is 0.800.